The van der Waals surface area contributed by atoms with Crippen molar-refractivity contribution in [2.75, 3.05) is 23.3 Å². The standard InChI is InChI=1S/C23H21FN6O/c24-18-10-4-5-11-19(18)27-22(31)17-9-6-12-29(14-17)21-13-20(16-7-2-1-3-8-16)28-23-25-15-26-30(21)23/h1-5,7-8,10-11,13,15,17H,6,9,12,14H2,(H,27,31). The summed E-state index contributed by atoms with van der Waals surface area (Å²) in [6.07, 6.45) is 3.06. The molecule has 5 rings (SSSR count). The number of para-hydroxylation sites is 1. The Bertz CT molecular complexity index is 1230. The van der Waals surface area contributed by atoms with Crippen LogP contribution in [0.2, 0.25) is 0 Å². The Kier molecular flexibility index (Phi) is 5.03. The molecule has 1 fully saturated rings. The van der Waals surface area contributed by atoms with Crippen molar-refractivity contribution in [2.45, 2.75) is 12.8 Å². The van der Waals surface area contributed by atoms with Gasteiger partial charge in [0.1, 0.15) is 18.0 Å². The molecular formula is C23H21FN6O. The van der Waals surface area contributed by atoms with E-state index in [0.717, 1.165) is 36.5 Å². The number of amides is 1. The van der Waals surface area contributed by atoms with Crippen LogP contribution in [0, 0.1) is 11.7 Å². The highest BCUT2D eigenvalue weighted by Crippen LogP contribution is 2.28. The fourth-order valence-corrected chi connectivity index (χ4v) is 3.98. The van der Waals surface area contributed by atoms with Gasteiger partial charge >= 0.3 is 0 Å². The molecule has 2 aromatic carbocycles. The Morgan fingerprint density at radius 1 is 1.10 bits per heavy atom. The second kappa shape index (κ2) is 8.14. The monoisotopic (exact) mass is 416 g/mol. The zero-order chi connectivity index (χ0) is 21.2. The fourth-order valence-electron chi connectivity index (χ4n) is 3.98. The van der Waals surface area contributed by atoms with Crippen LogP contribution in [-0.2, 0) is 4.79 Å². The number of anilines is 2. The van der Waals surface area contributed by atoms with Crippen molar-refractivity contribution in [3.05, 3.63) is 72.8 Å². The first-order valence-electron chi connectivity index (χ1n) is 10.3. The van der Waals surface area contributed by atoms with Crippen LogP contribution < -0.4 is 10.2 Å². The predicted molar refractivity (Wildman–Crippen MR) is 116 cm³/mol. The summed E-state index contributed by atoms with van der Waals surface area (Å²) >= 11 is 0. The van der Waals surface area contributed by atoms with Crippen molar-refractivity contribution < 1.29 is 9.18 Å². The van der Waals surface area contributed by atoms with Crippen molar-refractivity contribution in [1.29, 1.82) is 0 Å². The third kappa shape index (κ3) is 3.84. The first-order valence-corrected chi connectivity index (χ1v) is 10.3. The van der Waals surface area contributed by atoms with Gasteiger partial charge in [0.05, 0.1) is 17.3 Å². The molecule has 0 spiro atoms. The number of rotatable bonds is 4. The minimum atomic E-state index is -0.436. The van der Waals surface area contributed by atoms with Gasteiger partial charge < -0.3 is 10.2 Å². The van der Waals surface area contributed by atoms with Gasteiger partial charge in [0, 0.05) is 24.7 Å². The summed E-state index contributed by atoms with van der Waals surface area (Å²) in [5.41, 5.74) is 1.99. The van der Waals surface area contributed by atoms with Crippen molar-refractivity contribution in [3.63, 3.8) is 0 Å². The lowest BCUT2D eigenvalue weighted by molar-refractivity contribution is -0.120. The topological polar surface area (TPSA) is 75.4 Å². The molecule has 0 aliphatic carbocycles. The highest BCUT2D eigenvalue weighted by molar-refractivity contribution is 5.93. The molecular weight excluding hydrogens is 395 g/mol. The number of fused-ring (bicyclic) bond motifs is 1. The minimum Gasteiger partial charge on any atom is -0.356 e. The summed E-state index contributed by atoms with van der Waals surface area (Å²) in [5, 5.41) is 7.06. The van der Waals surface area contributed by atoms with Crippen LogP contribution in [0.4, 0.5) is 15.9 Å². The van der Waals surface area contributed by atoms with Crippen LogP contribution in [0.1, 0.15) is 12.8 Å². The van der Waals surface area contributed by atoms with Gasteiger partial charge in [-0.05, 0) is 25.0 Å². The van der Waals surface area contributed by atoms with Crippen LogP contribution in [-0.4, -0.2) is 38.6 Å². The van der Waals surface area contributed by atoms with Gasteiger partial charge in [-0.15, -0.1) is 0 Å². The summed E-state index contributed by atoms with van der Waals surface area (Å²) in [6, 6.07) is 18.1. The third-order valence-electron chi connectivity index (χ3n) is 5.55. The highest BCUT2D eigenvalue weighted by atomic mass is 19.1. The van der Waals surface area contributed by atoms with Gasteiger partial charge in [-0.2, -0.15) is 14.6 Å². The Hall–Kier alpha value is -3.81. The number of nitrogens with zero attached hydrogens (tertiary/aromatic N) is 5. The second-order valence-electron chi connectivity index (χ2n) is 7.59. The predicted octanol–water partition coefficient (Wildman–Crippen LogP) is 3.79. The lowest BCUT2D eigenvalue weighted by Gasteiger charge is -2.33. The summed E-state index contributed by atoms with van der Waals surface area (Å²) in [7, 11) is 0. The lowest BCUT2D eigenvalue weighted by Crippen LogP contribution is -2.41. The SMILES string of the molecule is O=C(Nc1ccccc1F)C1CCCN(c2cc(-c3ccccc3)nc3ncnn23)C1. The largest absolute Gasteiger partial charge is 0.356 e. The van der Waals surface area contributed by atoms with Gasteiger partial charge in [0.2, 0.25) is 5.91 Å². The zero-order valence-electron chi connectivity index (χ0n) is 16.8. The van der Waals surface area contributed by atoms with Crippen LogP contribution in [0.25, 0.3) is 17.0 Å². The molecule has 1 N–H and O–H groups in total. The average molecular weight is 416 g/mol. The van der Waals surface area contributed by atoms with Gasteiger partial charge in [-0.3, -0.25) is 4.79 Å². The lowest BCUT2D eigenvalue weighted by atomic mass is 9.97. The molecule has 0 bridgehead atoms. The van der Waals surface area contributed by atoms with E-state index in [2.05, 4.69) is 25.3 Å². The van der Waals surface area contributed by atoms with E-state index in [9.17, 15) is 9.18 Å². The minimum absolute atomic E-state index is 0.179. The smallest absolute Gasteiger partial charge is 0.254 e. The van der Waals surface area contributed by atoms with Crippen LogP contribution in [0.15, 0.2) is 67.0 Å². The molecule has 1 aliphatic heterocycles. The molecule has 4 aromatic rings. The van der Waals surface area contributed by atoms with Gasteiger partial charge in [-0.25, -0.2) is 9.37 Å². The molecule has 1 amide bonds. The van der Waals surface area contributed by atoms with Crippen molar-refractivity contribution in [3.8, 4) is 11.3 Å². The Balaban J connectivity index is 1.43. The summed E-state index contributed by atoms with van der Waals surface area (Å²) in [5.74, 6) is 0.468. The van der Waals surface area contributed by atoms with E-state index in [0.29, 0.717) is 12.3 Å². The number of halogens is 1. The number of nitrogens with one attached hydrogen (secondary N) is 1. The molecule has 156 valence electrons. The molecule has 7 nitrogen and oxygen atoms in total. The van der Waals surface area contributed by atoms with Crippen molar-refractivity contribution in [1.82, 2.24) is 19.6 Å². The van der Waals surface area contributed by atoms with Crippen LogP contribution in [0.5, 0.6) is 0 Å². The maximum absolute atomic E-state index is 14.0. The number of aromatic nitrogens is 4. The van der Waals surface area contributed by atoms with Gasteiger partial charge in [-0.1, -0.05) is 42.5 Å². The number of carbonyl (C=O) groups is 1. The number of piperidine rings is 1. The molecule has 0 saturated carbocycles. The number of carbonyl (C=O) groups excluding carboxylic acids is 1. The summed E-state index contributed by atoms with van der Waals surface area (Å²) in [4.78, 5) is 23.9. The second-order valence-corrected chi connectivity index (χ2v) is 7.59. The number of benzene rings is 2. The summed E-state index contributed by atoms with van der Waals surface area (Å²) in [6.45, 7) is 1.30. The normalized spacial score (nSPS) is 16.4. The van der Waals surface area contributed by atoms with Gasteiger partial charge in [0.15, 0.2) is 0 Å². The average Bonchev–Trinajstić information content (AvgIpc) is 3.29. The van der Waals surface area contributed by atoms with E-state index in [4.69, 9.17) is 0 Å². The van der Waals surface area contributed by atoms with E-state index in [-0.39, 0.29) is 17.5 Å². The van der Waals surface area contributed by atoms with E-state index in [1.165, 1.54) is 12.4 Å². The highest BCUT2D eigenvalue weighted by Gasteiger charge is 2.28. The maximum atomic E-state index is 14.0. The summed E-state index contributed by atoms with van der Waals surface area (Å²) < 4.78 is 15.7. The fraction of sp³-hybridized carbons (Fsp3) is 0.217. The Labute approximate surface area is 178 Å². The number of hydrogen-bond acceptors (Lipinski definition) is 5. The van der Waals surface area contributed by atoms with E-state index >= 15 is 0 Å². The van der Waals surface area contributed by atoms with Crippen molar-refractivity contribution in [2.24, 2.45) is 5.92 Å². The van der Waals surface area contributed by atoms with E-state index in [1.807, 2.05) is 36.4 Å². The maximum Gasteiger partial charge on any atom is 0.254 e. The van der Waals surface area contributed by atoms with E-state index < -0.39 is 5.82 Å². The number of hydrogen-bond donors (Lipinski definition) is 1. The molecule has 31 heavy (non-hydrogen) atoms. The van der Waals surface area contributed by atoms with Crippen LogP contribution >= 0.6 is 0 Å². The molecule has 1 unspecified atom stereocenters. The van der Waals surface area contributed by atoms with Gasteiger partial charge in [0.25, 0.3) is 5.78 Å². The van der Waals surface area contributed by atoms with E-state index in [1.54, 1.807) is 22.7 Å². The first-order chi connectivity index (χ1) is 15.2. The molecule has 2 aromatic heterocycles. The zero-order valence-corrected chi connectivity index (χ0v) is 16.8. The molecule has 1 atom stereocenters. The molecule has 1 aliphatic rings. The molecule has 3 heterocycles. The molecule has 8 heteroatoms. The quantitative estimate of drug-likeness (QED) is 0.548. The van der Waals surface area contributed by atoms with Crippen LogP contribution in [0.3, 0.4) is 0 Å². The molecule has 1 saturated heterocycles. The van der Waals surface area contributed by atoms with Crippen molar-refractivity contribution >= 4 is 23.2 Å². The Morgan fingerprint density at radius 3 is 2.74 bits per heavy atom. The molecule has 0 radical (unpaired) electrons. The third-order valence-corrected chi connectivity index (χ3v) is 5.55. The first kappa shape index (κ1) is 19.2. The Morgan fingerprint density at radius 2 is 1.90 bits per heavy atom.